The van der Waals surface area contributed by atoms with Gasteiger partial charge in [0.15, 0.2) is 0 Å². The minimum atomic E-state index is 0.570. The average molecular weight is 217 g/mol. The van der Waals surface area contributed by atoms with Crippen LogP contribution in [0.1, 0.15) is 42.9 Å². The van der Waals surface area contributed by atoms with Crippen molar-refractivity contribution in [1.29, 1.82) is 0 Å². The van der Waals surface area contributed by atoms with Gasteiger partial charge < -0.3 is 10.1 Å². The van der Waals surface area contributed by atoms with E-state index in [1.54, 1.807) is 0 Å². The van der Waals surface area contributed by atoms with Crippen LogP contribution in [0.25, 0.3) is 0 Å². The Hall–Kier alpha value is -1.02. The number of nitrogens with one attached hydrogen (secondary N) is 1. The number of piperidine rings is 1. The molecule has 0 radical (unpaired) electrons. The molecule has 1 atom stereocenters. The molecule has 1 saturated heterocycles. The number of hydrogen-bond donors (Lipinski definition) is 1. The van der Waals surface area contributed by atoms with Crippen LogP contribution in [0, 0.1) is 0 Å². The van der Waals surface area contributed by atoms with Gasteiger partial charge in [0, 0.05) is 6.04 Å². The van der Waals surface area contributed by atoms with E-state index in [2.05, 4.69) is 23.5 Å². The van der Waals surface area contributed by atoms with Crippen molar-refractivity contribution in [1.82, 2.24) is 5.32 Å². The smallest absolute Gasteiger partial charge is 0.122 e. The molecule has 2 nitrogen and oxygen atoms in total. The highest BCUT2D eigenvalue weighted by atomic mass is 16.5. The Morgan fingerprint density at radius 1 is 1.19 bits per heavy atom. The van der Waals surface area contributed by atoms with Crippen LogP contribution < -0.4 is 10.1 Å². The van der Waals surface area contributed by atoms with Gasteiger partial charge in [-0.1, -0.05) is 18.6 Å². The molecule has 0 aromatic heterocycles. The largest absolute Gasteiger partial charge is 0.493 e. The highest BCUT2D eigenvalue weighted by Gasteiger charge is 2.17. The molecule has 2 aliphatic heterocycles. The molecule has 2 heteroatoms. The predicted octanol–water partition coefficient (Wildman–Crippen LogP) is 2.83. The zero-order valence-electron chi connectivity index (χ0n) is 9.67. The molecule has 1 aromatic carbocycles. The number of aryl methyl sites for hydroxylation is 1. The number of rotatable bonds is 1. The van der Waals surface area contributed by atoms with Gasteiger partial charge in [0.25, 0.3) is 0 Å². The average Bonchev–Trinajstić information content (AvgIpc) is 2.39. The number of ether oxygens (including phenoxy) is 1. The lowest BCUT2D eigenvalue weighted by Gasteiger charge is -2.25. The SMILES string of the molecule is c1cc2c(cc1C1CCCCN1)CCCO2. The van der Waals surface area contributed by atoms with Crippen LogP contribution >= 0.6 is 0 Å². The van der Waals surface area contributed by atoms with Gasteiger partial charge in [0.1, 0.15) is 5.75 Å². The second-order valence-corrected chi connectivity index (χ2v) is 4.82. The molecule has 0 amide bonds. The minimum absolute atomic E-state index is 0.570. The summed E-state index contributed by atoms with van der Waals surface area (Å²) in [7, 11) is 0. The van der Waals surface area contributed by atoms with Crippen molar-refractivity contribution in [3.05, 3.63) is 29.3 Å². The van der Waals surface area contributed by atoms with E-state index >= 15 is 0 Å². The van der Waals surface area contributed by atoms with Gasteiger partial charge in [0.05, 0.1) is 6.61 Å². The molecular weight excluding hydrogens is 198 g/mol. The Morgan fingerprint density at radius 3 is 3.06 bits per heavy atom. The number of fused-ring (bicyclic) bond motifs is 1. The first-order valence-corrected chi connectivity index (χ1v) is 6.42. The van der Waals surface area contributed by atoms with E-state index in [0.717, 1.165) is 25.3 Å². The molecule has 86 valence electrons. The van der Waals surface area contributed by atoms with Crippen LogP contribution in [0.15, 0.2) is 18.2 Å². The Kier molecular flexibility index (Phi) is 2.83. The predicted molar refractivity (Wildman–Crippen MR) is 64.9 cm³/mol. The first-order chi connectivity index (χ1) is 7.93. The molecule has 1 fully saturated rings. The zero-order chi connectivity index (χ0) is 10.8. The van der Waals surface area contributed by atoms with Gasteiger partial charge in [-0.05, 0) is 49.4 Å². The van der Waals surface area contributed by atoms with Crippen molar-refractivity contribution in [2.75, 3.05) is 13.2 Å². The first kappa shape index (κ1) is 10.2. The first-order valence-electron chi connectivity index (χ1n) is 6.42. The van der Waals surface area contributed by atoms with Gasteiger partial charge >= 0.3 is 0 Å². The van der Waals surface area contributed by atoms with Crippen molar-refractivity contribution in [2.24, 2.45) is 0 Å². The number of benzene rings is 1. The van der Waals surface area contributed by atoms with Gasteiger partial charge in [-0.3, -0.25) is 0 Å². The maximum Gasteiger partial charge on any atom is 0.122 e. The highest BCUT2D eigenvalue weighted by molar-refractivity contribution is 5.39. The van der Waals surface area contributed by atoms with Crippen molar-refractivity contribution >= 4 is 0 Å². The molecule has 0 saturated carbocycles. The lowest BCUT2D eigenvalue weighted by atomic mass is 9.94. The molecule has 1 unspecified atom stereocenters. The van der Waals surface area contributed by atoms with Gasteiger partial charge in [-0.2, -0.15) is 0 Å². The fourth-order valence-corrected chi connectivity index (χ4v) is 2.73. The van der Waals surface area contributed by atoms with Crippen molar-refractivity contribution < 1.29 is 4.74 Å². The summed E-state index contributed by atoms with van der Waals surface area (Å²) in [6.07, 6.45) is 6.29. The van der Waals surface area contributed by atoms with Gasteiger partial charge in [-0.25, -0.2) is 0 Å². The monoisotopic (exact) mass is 217 g/mol. The summed E-state index contributed by atoms with van der Waals surface area (Å²) in [6.45, 7) is 2.05. The van der Waals surface area contributed by atoms with Crippen LogP contribution in [0.3, 0.4) is 0 Å². The molecular formula is C14H19NO. The Balaban J connectivity index is 1.84. The van der Waals surface area contributed by atoms with Crippen LogP contribution in [0.5, 0.6) is 5.75 Å². The second-order valence-electron chi connectivity index (χ2n) is 4.82. The van der Waals surface area contributed by atoms with E-state index in [4.69, 9.17) is 4.74 Å². The van der Waals surface area contributed by atoms with Crippen LogP contribution in [0.2, 0.25) is 0 Å². The van der Waals surface area contributed by atoms with Crippen LogP contribution in [0.4, 0.5) is 0 Å². The molecule has 2 aliphatic rings. The van der Waals surface area contributed by atoms with E-state index in [-0.39, 0.29) is 0 Å². The molecule has 1 aromatic rings. The molecule has 0 bridgehead atoms. The maximum atomic E-state index is 5.65. The standard InChI is InChI=1S/C14H19NO/c1-2-8-15-13(5-1)11-6-7-14-12(10-11)4-3-9-16-14/h6-7,10,13,15H,1-5,8-9H2. The third-order valence-electron chi connectivity index (χ3n) is 3.65. The molecule has 1 N–H and O–H groups in total. The molecule has 2 heterocycles. The lowest BCUT2D eigenvalue weighted by molar-refractivity contribution is 0.288. The van der Waals surface area contributed by atoms with E-state index < -0.39 is 0 Å². The fraction of sp³-hybridized carbons (Fsp3) is 0.571. The van der Waals surface area contributed by atoms with Crippen LogP contribution in [-0.4, -0.2) is 13.2 Å². The Morgan fingerprint density at radius 2 is 2.19 bits per heavy atom. The quantitative estimate of drug-likeness (QED) is 0.781. The van der Waals surface area contributed by atoms with E-state index in [0.29, 0.717) is 6.04 Å². The Labute approximate surface area is 97.0 Å². The summed E-state index contributed by atoms with van der Waals surface area (Å²) in [5, 5.41) is 3.60. The van der Waals surface area contributed by atoms with E-state index in [1.165, 1.54) is 36.8 Å². The number of hydrogen-bond acceptors (Lipinski definition) is 2. The van der Waals surface area contributed by atoms with Crippen molar-refractivity contribution in [2.45, 2.75) is 38.1 Å². The summed E-state index contributed by atoms with van der Waals surface area (Å²) in [5.41, 5.74) is 2.85. The van der Waals surface area contributed by atoms with Crippen molar-refractivity contribution in [3.8, 4) is 5.75 Å². The molecule has 0 aliphatic carbocycles. The van der Waals surface area contributed by atoms with Gasteiger partial charge in [-0.15, -0.1) is 0 Å². The topological polar surface area (TPSA) is 21.3 Å². The van der Waals surface area contributed by atoms with Crippen LogP contribution in [-0.2, 0) is 6.42 Å². The summed E-state index contributed by atoms with van der Waals surface area (Å²) in [4.78, 5) is 0. The van der Waals surface area contributed by atoms with E-state index in [9.17, 15) is 0 Å². The summed E-state index contributed by atoms with van der Waals surface area (Å²) < 4.78 is 5.65. The second kappa shape index (κ2) is 4.46. The summed E-state index contributed by atoms with van der Waals surface area (Å²) >= 11 is 0. The zero-order valence-corrected chi connectivity index (χ0v) is 9.67. The third-order valence-corrected chi connectivity index (χ3v) is 3.65. The highest BCUT2D eigenvalue weighted by Crippen LogP contribution is 2.30. The minimum Gasteiger partial charge on any atom is -0.493 e. The van der Waals surface area contributed by atoms with Gasteiger partial charge in [0.2, 0.25) is 0 Å². The maximum absolute atomic E-state index is 5.65. The van der Waals surface area contributed by atoms with E-state index in [1.807, 2.05) is 0 Å². The normalized spacial score (nSPS) is 24.6. The summed E-state index contributed by atoms with van der Waals surface area (Å²) in [6, 6.07) is 7.30. The molecule has 16 heavy (non-hydrogen) atoms. The van der Waals surface area contributed by atoms with Crippen molar-refractivity contribution in [3.63, 3.8) is 0 Å². The fourth-order valence-electron chi connectivity index (χ4n) is 2.73. The molecule has 3 rings (SSSR count). The Bertz CT molecular complexity index is 369. The third kappa shape index (κ3) is 1.94. The summed E-state index contributed by atoms with van der Waals surface area (Å²) in [5.74, 6) is 1.10. The lowest BCUT2D eigenvalue weighted by Crippen LogP contribution is -2.26. The molecule has 0 spiro atoms.